The van der Waals surface area contributed by atoms with E-state index >= 15 is 0 Å². The molecule has 0 rings (SSSR count). The Morgan fingerprint density at radius 2 is 1.00 bits per heavy atom. The molecule has 0 aromatic rings. The molecule has 9 heteroatoms. The molecular weight excluding hydrogens is 271 g/mol. The topological polar surface area (TPSA) is 51.2 Å². The summed E-state index contributed by atoms with van der Waals surface area (Å²) in [6.45, 7) is 0. The summed E-state index contributed by atoms with van der Waals surface area (Å²) < 4.78 is 24.6. The minimum absolute atomic E-state index is 1.06. The third-order valence-electron chi connectivity index (χ3n) is 0. The molecule has 1 unspecified atom stereocenters. The van der Waals surface area contributed by atoms with Crippen molar-refractivity contribution in [2.45, 2.75) is 0 Å². The summed E-state index contributed by atoms with van der Waals surface area (Å²) in [5.74, 6) is 0. The molecule has 0 saturated carbocycles. The molecule has 9 heavy (non-hydrogen) atoms. The van der Waals surface area contributed by atoms with Gasteiger partial charge in [0.2, 0.25) is 0 Å². The van der Waals surface area contributed by atoms with Crippen molar-refractivity contribution >= 4 is 25.5 Å². The molecule has 0 aliphatic rings. The van der Waals surface area contributed by atoms with Crippen LogP contribution < -0.4 is 0 Å². The first-order chi connectivity index (χ1) is 4.41. The summed E-state index contributed by atoms with van der Waals surface area (Å²) in [6, 6.07) is 0. The van der Waals surface area contributed by atoms with Crippen molar-refractivity contribution in [3.8, 4) is 0 Å². The van der Waals surface area contributed by atoms with Crippen LogP contribution in [0.4, 0.5) is 0 Å². The van der Waals surface area contributed by atoms with Crippen LogP contribution >= 0.6 is 8.01 Å². The van der Waals surface area contributed by atoms with Gasteiger partial charge in [0.25, 0.3) is 0 Å². The van der Waals surface area contributed by atoms with Crippen LogP contribution in [-0.2, 0) is 63.1 Å². The maximum atomic E-state index is 8.19. The minimum atomic E-state index is 1.06. The Balaban J connectivity index is -0.0000000190. The van der Waals surface area contributed by atoms with E-state index in [9.17, 15) is 0 Å². The molecule has 0 aromatic carbocycles. The first kappa shape index (κ1) is 22.4. The first-order valence-corrected chi connectivity index (χ1v) is 8.26. The van der Waals surface area contributed by atoms with Gasteiger partial charge in [-0.2, -0.15) is 8.01 Å². The number of hydrogen-bond donors (Lipinski definition) is 0. The van der Waals surface area contributed by atoms with E-state index in [-0.39, 0.29) is 0 Å². The Morgan fingerprint density at radius 1 is 1.00 bits per heavy atom. The molecule has 0 radical (unpaired) electrons. The van der Waals surface area contributed by atoms with Gasteiger partial charge in [0.05, 0.1) is 0 Å². The molecule has 0 aliphatic carbocycles. The molecule has 0 amide bonds. The normalized spacial score (nSPS) is 4.56. The average Bonchev–Trinajstić information content (AvgIpc) is 2.01. The molecule has 0 aliphatic heterocycles. The fourth-order valence-corrected chi connectivity index (χ4v) is 0. The van der Waals surface area contributed by atoms with Crippen molar-refractivity contribution in [2.24, 2.45) is 0 Å². The Kier molecular flexibility index (Phi) is 235. The van der Waals surface area contributed by atoms with E-state index < -0.39 is 0 Å². The predicted octanol–water partition coefficient (Wildman–Crippen LogP) is -1.87. The number of hydrogen-bond acceptors (Lipinski definition) is 3. The molecule has 0 saturated heterocycles. The van der Waals surface area contributed by atoms with Gasteiger partial charge in [0.15, 0.2) is 0 Å². The quantitative estimate of drug-likeness (QED) is 0.385. The predicted molar refractivity (Wildman–Crippen MR) is 28.9 cm³/mol. The summed E-state index contributed by atoms with van der Waals surface area (Å²) in [4.78, 5) is 0. The molecule has 0 spiro atoms. The van der Waals surface area contributed by atoms with Gasteiger partial charge in [-0.05, 0) is 0 Å². The monoisotopic (exact) mass is 277 g/mol. The van der Waals surface area contributed by atoms with Crippen LogP contribution in [0.25, 0.3) is 0 Å². The zero-order valence-electron chi connectivity index (χ0n) is 5.07. The fourth-order valence-electron chi connectivity index (χ4n) is 0. The zero-order chi connectivity index (χ0) is 8.71. The van der Waals surface area contributed by atoms with Crippen molar-refractivity contribution in [2.75, 3.05) is 0 Å². The molecular formula is H6BO3PSiV3. The van der Waals surface area contributed by atoms with E-state index in [4.69, 9.17) is 11.0 Å². The summed E-state index contributed by atoms with van der Waals surface area (Å²) in [6.07, 6.45) is 0. The van der Waals surface area contributed by atoms with Crippen LogP contribution in [-0.4, -0.2) is 17.5 Å². The van der Waals surface area contributed by atoms with E-state index in [1.54, 1.807) is 0 Å². The van der Waals surface area contributed by atoms with E-state index in [1.165, 1.54) is 17.9 Å². The molecule has 0 aromatic heterocycles. The second kappa shape index (κ2) is 94.4. The van der Waals surface area contributed by atoms with Gasteiger partial charge < -0.3 is 0 Å². The Labute approximate surface area is 87.9 Å². The van der Waals surface area contributed by atoms with Crippen LogP contribution in [0.5, 0.6) is 0 Å². The summed E-state index contributed by atoms with van der Waals surface area (Å²) >= 11 is 3.19. The van der Waals surface area contributed by atoms with E-state index in [0.717, 1.165) is 52.1 Å². The zero-order valence-corrected chi connectivity index (χ0v) is 12.3. The maximum absolute atomic E-state index is 8.19. The van der Waals surface area contributed by atoms with Crippen molar-refractivity contribution < 1.29 is 63.1 Å². The Bertz CT molecular complexity index is 30.3. The van der Waals surface area contributed by atoms with Crippen LogP contribution in [0, 0.1) is 0 Å². The summed E-state index contributed by atoms with van der Waals surface area (Å²) in [5, 5.41) is 0. The summed E-state index contributed by atoms with van der Waals surface area (Å²) in [5.41, 5.74) is 0. The van der Waals surface area contributed by atoms with Crippen LogP contribution in [0.2, 0.25) is 0 Å². The second-order valence-corrected chi connectivity index (χ2v) is 4.50. The van der Waals surface area contributed by atoms with Crippen molar-refractivity contribution in [1.29, 1.82) is 0 Å². The van der Waals surface area contributed by atoms with Crippen LogP contribution in [0.1, 0.15) is 0 Å². The van der Waals surface area contributed by atoms with Gasteiger partial charge in [0, 0.05) is 9.91 Å². The molecule has 0 heterocycles. The van der Waals surface area contributed by atoms with Gasteiger partial charge in [-0.15, -0.1) is 0 Å². The molecule has 1 atom stereocenters. The fraction of sp³-hybridized carbons (Fsp3) is 0. The SMILES string of the molecule is BP[SiH3].[O]=[V].[O]=[V].[O]=[V]. The van der Waals surface area contributed by atoms with Gasteiger partial charge in [-0.25, -0.2) is 0 Å². The van der Waals surface area contributed by atoms with Crippen LogP contribution in [0.15, 0.2) is 0 Å². The van der Waals surface area contributed by atoms with Gasteiger partial charge >= 0.3 is 63.1 Å². The Hall–Kier alpha value is 1.87. The average molecular weight is 277 g/mol. The first-order valence-electron chi connectivity index (χ1n) is 1.55. The summed E-state index contributed by atoms with van der Waals surface area (Å²) in [7, 11) is 4.83. The molecule has 0 bridgehead atoms. The Morgan fingerprint density at radius 3 is 1.00 bits per heavy atom. The van der Waals surface area contributed by atoms with Gasteiger partial charge in [-0.3, -0.25) is 0 Å². The third kappa shape index (κ3) is 175. The molecule has 0 N–H and O–H groups in total. The number of rotatable bonds is 0. The third-order valence-corrected chi connectivity index (χ3v) is 0. The molecule has 0 fully saturated rings. The van der Waals surface area contributed by atoms with E-state index in [2.05, 4.69) is 7.57 Å². The van der Waals surface area contributed by atoms with Crippen molar-refractivity contribution in [3.63, 3.8) is 0 Å². The molecule has 3 nitrogen and oxygen atoms in total. The van der Waals surface area contributed by atoms with E-state index in [0.29, 0.717) is 0 Å². The van der Waals surface area contributed by atoms with E-state index in [1.807, 2.05) is 0 Å². The molecule has 51 valence electrons. The standard InChI is InChI=1S/BH6PSi.3O.3V/c1-2-3;;;;;;/h2H,1H2,3H3;;;;;;. The van der Waals surface area contributed by atoms with Crippen molar-refractivity contribution in [1.82, 2.24) is 0 Å². The van der Waals surface area contributed by atoms with Gasteiger partial charge in [-0.1, -0.05) is 0 Å². The van der Waals surface area contributed by atoms with Crippen LogP contribution in [0.3, 0.4) is 0 Å². The van der Waals surface area contributed by atoms with Crippen molar-refractivity contribution in [3.05, 3.63) is 0 Å². The second-order valence-electron chi connectivity index (χ2n) is 0.500. The van der Waals surface area contributed by atoms with Gasteiger partial charge in [0.1, 0.15) is 7.57 Å².